The Morgan fingerprint density at radius 1 is 1.05 bits per heavy atom. The Bertz CT molecular complexity index is 600. The average Bonchev–Trinajstić information content (AvgIpc) is 2.39. The van der Waals surface area contributed by atoms with E-state index in [4.69, 9.17) is 0 Å². The molecule has 4 nitrogen and oxygen atoms in total. The van der Waals surface area contributed by atoms with Gasteiger partial charge >= 0.3 is 0 Å². The van der Waals surface area contributed by atoms with Gasteiger partial charge in [-0.15, -0.1) is 0 Å². The minimum Gasteiger partial charge on any atom is -0.307 e. The summed E-state index contributed by atoms with van der Waals surface area (Å²) >= 11 is 0. The van der Waals surface area contributed by atoms with Crippen molar-refractivity contribution < 1.29 is 4.79 Å². The van der Waals surface area contributed by atoms with Crippen LogP contribution in [0.15, 0.2) is 30.6 Å². The quantitative estimate of drug-likeness (QED) is 0.860. The van der Waals surface area contributed by atoms with Gasteiger partial charge in [-0.1, -0.05) is 6.07 Å². The lowest BCUT2D eigenvalue weighted by molar-refractivity contribution is 0.0983. The molecule has 0 atom stereocenters. The summed E-state index contributed by atoms with van der Waals surface area (Å²) in [6.07, 6.45) is 3.14. The molecule has 0 aliphatic rings. The minimum absolute atomic E-state index is 0.120. The van der Waals surface area contributed by atoms with Crippen LogP contribution in [-0.2, 0) is 0 Å². The zero-order valence-electron chi connectivity index (χ0n) is 12.3. The maximum absolute atomic E-state index is 12.5. The zero-order chi connectivity index (χ0) is 14.7. The van der Waals surface area contributed by atoms with Crippen molar-refractivity contribution in [3.05, 3.63) is 53.1 Å². The molecule has 0 radical (unpaired) electrons. The molecule has 0 N–H and O–H groups in total. The van der Waals surface area contributed by atoms with Crippen LogP contribution in [0.25, 0.3) is 0 Å². The second kappa shape index (κ2) is 5.82. The molecule has 1 heterocycles. The van der Waals surface area contributed by atoms with Crippen LogP contribution in [0.2, 0.25) is 0 Å². The standard InChI is InChI=1S/C16H19N3O/c1-5-19(14-7-11(2)6-12(3)8-14)16(20)15-10-17-13(4)9-18-15/h6-10H,5H2,1-4H3. The lowest BCUT2D eigenvalue weighted by Crippen LogP contribution is -2.31. The predicted molar refractivity (Wildman–Crippen MR) is 80.0 cm³/mol. The van der Waals surface area contributed by atoms with Crippen LogP contribution in [0.5, 0.6) is 0 Å². The van der Waals surface area contributed by atoms with E-state index in [1.54, 1.807) is 11.1 Å². The molecule has 0 aliphatic heterocycles. The van der Waals surface area contributed by atoms with E-state index < -0.39 is 0 Å². The number of benzene rings is 1. The molecule has 0 aliphatic carbocycles. The van der Waals surface area contributed by atoms with E-state index in [1.165, 1.54) is 6.20 Å². The first-order valence-electron chi connectivity index (χ1n) is 6.70. The van der Waals surface area contributed by atoms with Gasteiger partial charge in [-0.3, -0.25) is 9.78 Å². The normalized spacial score (nSPS) is 10.4. The van der Waals surface area contributed by atoms with E-state index in [0.717, 1.165) is 22.5 Å². The monoisotopic (exact) mass is 269 g/mol. The van der Waals surface area contributed by atoms with Crippen LogP contribution in [0.4, 0.5) is 5.69 Å². The smallest absolute Gasteiger partial charge is 0.278 e. The predicted octanol–water partition coefficient (Wildman–Crippen LogP) is 3.07. The Hall–Kier alpha value is -2.23. The number of aromatic nitrogens is 2. The molecule has 0 bridgehead atoms. The summed E-state index contributed by atoms with van der Waals surface area (Å²) in [4.78, 5) is 22.6. The van der Waals surface area contributed by atoms with Gasteiger partial charge in [-0.2, -0.15) is 0 Å². The number of hydrogen-bond donors (Lipinski definition) is 0. The highest BCUT2D eigenvalue weighted by atomic mass is 16.2. The summed E-state index contributed by atoms with van der Waals surface area (Å²) in [5.74, 6) is -0.120. The maximum Gasteiger partial charge on any atom is 0.278 e. The van der Waals surface area contributed by atoms with Gasteiger partial charge in [-0.05, 0) is 51.0 Å². The van der Waals surface area contributed by atoms with E-state index in [0.29, 0.717) is 12.2 Å². The number of hydrogen-bond acceptors (Lipinski definition) is 3. The fourth-order valence-corrected chi connectivity index (χ4v) is 2.19. The summed E-state index contributed by atoms with van der Waals surface area (Å²) in [5, 5.41) is 0. The molecule has 0 spiro atoms. The number of nitrogens with zero attached hydrogens (tertiary/aromatic N) is 3. The first kappa shape index (κ1) is 14.2. The molecule has 4 heteroatoms. The highest BCUT2D eigenvalue weighted by molar-refractivity contribution is 6.04. The van der Waals surface area contributed by atoms with Crippen molar-refractivity contribution >= 4 is 11.6 Å². The van der Waals surface area contributed by atoms with Crippen molar-refractivity contribution in [2.75, 3.05) is 11.4 Å². The highest BCUT2D eigenvalue weighted by Gasteiger charge is 2.18. The lowest BCUT2D eigenvalue weighted by atomic mass is 10.1. The first-order valence-corrected chi connectivity index (χ1v) is 6.70. The molecule has 0 unspecified atom stereocenters. The number of amides is 1. The number of carbonyl (C=O) groups is 1. The van der Waals surface area contributed by atoms with Gasteiger partial charge < -0.3 is 4.90 Å². The SMILES string of the molecule is CCN(C(=O)c1cnc(C)cn1)c1cc(C)cc(C)c1. The number of anilines is 1. The number of carbonyl (C=O) groups excluding carboxylic acids is 1. The van der Waals surface area contributed by atoms with Crippen molar-refractivity contribution in [3.63, 3.8) is 0 Å². The van der Waals surface area contributed by atoms with Crippen LogP contribution in [0.1, 0.15) is 34.2 Å². The molecule has 0 fully saturated rings. The maximum atomic E-state index is 12.5. The van der Waals surface area contributed by atoms with Gasteiger partial charge in [0, 0.05) is 18.4 Å². The van der Waals surface area contributed by atoms with Gasteiger partial charge in [0.2, 0.25) is 0 Å². The lowest BCUT2D eigenvalue weighted by Gasteiger charge is -2.21. The fraction of sp³-hybridized carbons (Fsp3) is 0.312. The molecule has 20 heavy (non-hydrogen) atoms. The summed E-state index contributed by atoms with van der Waals surface area (Å²) in [6.45, 7) is 8.46. The van der Waals surface area contributed by atoms with Crippen LogP contribution in [0.3, 0.4) is 0 Å². The third-order valence-electron chi connectivity index (χ3n) is 3.08. The molecule has 1 aromatic carbocycles. The van der Waals surface area contributed by atoms with Crippen molar-refractivity contribution in [2.24, 2.45) is 0 Å². The molecule has 104 valence electrons. The third kappa shape index (κ3) is 3.02. The summed E-state index contributed by atoms with van der Waals surface area (Å²) < 4.78 is 0. The molecule has 0 saturated carbocycles. The van der Waals surface area contributed by atoms with Crippen molar-refractivity contribution in [1.29, 1.82) is 0 Å². The largest absolute Gasteiger partial charge is 0.307 e. The Labute approximate surface area is 119 Å². The van der Waals surface area contributed by atoms with Gasteiger partial charge in [0.15, 0.2) is 0 Å². The van der Waals surface area contributed by atoms with E-state index in [1.807, 2.05) is 39.8 Å². The molecule has 0 saturated heterocycles. The van der Waals surface area contributed by atoms with Crippen LogP contribution in [0, 0.1) is 20.8 Å². The highest BCUT2D eigenvalue weighted by Crippen LogP contribution is 2.20. The molecule has 2 rings (SSSR count). The number of aryl methyl sites for hydroxylation is 3. The fourth-order valence-electron chi connectivity index (χ4n) is 2.19. The Morgan fingerprint density at radius 2 is 1.70 bits per heavy atom. The average molecular weight is 269 g/mol. The molecular formula is C16H19N3O. The van der Waals surface area contributed by atoms with E-state index >= 15 is 0 Å². The third-order valence-corrected chi connectivity index (χ3v) is 3.08. The van der Waals surface area contributed by atoms with Crippen LogP contribution < -0.4 is 4.90 Å². The van der Waals surface area contributed by atoms with E-state index in [-0.39, 0.29) is 5.91 Å². The van der Waals surface area contributed by atoms with Crippen molar-refractivity contribution in [2.45, 2.75) is 27.7 Å². The molecular weight excluding hydrogens is 250 g/mol. The molecule has 1 aromatic heterocycles. The van der Waals surface area contributed by atoms with Crippen LogP contribution >= 0.6 is 0 Å². The van der Waals surface area contributed by atoms with E-state index in [9.17, 15) is 4.79 Å². The second-order valence-corrected chi connectivity index (χ2v) is 4.94. The van der Waals surface area contributed by atoms with Crippen molar-refractivity contribution in [3.8, 4) is 0 Å². The minimum atomic E-state index is -0.120. The Morgan fingerprint density at radius 3 is 2.20 bits per heavy atom. The van der Waals surface area contributed by atoms with Gasteiger partial charge in [-0.25, -0.2) is 4.98 Å². The summed E-state index contributed by atoms with van der Waals surface area (Å²) in [7, 11) is 0. The Kier molecular flexibility index (Phi) is 4.13. The number of rotatable bonds is 3. The zero-order valence-corrected chi connectivity index (χ0v) is 12.3. The van der Waals surface area contributed by atoms with E-state index in [2.05, 4.69) is 16.0 Å². The first-order chi connectivity index (χ1) is 9.51. The van der Waals surface area contributed by atoms with Gasteiger partial charge in [0.1, 0.15) is 5.69 Å². The summed E-state index contributed by atoms with van der Waals surface area (Å²) in [6, 6.07) is 6.11. The Balaban J connectivity index is 2.36. The topological polar surface area (TPSA) is 46.1 Å². The van der Waals surface area contributed by atoms with Crippen molar-refractivity contribution in [1.82, 2.24) is 9.97 Å². The van der Waals surface area contributed by atoms with Gasteiger partial charge in [0.25, 0.3) is 5.91 Å². The molecule has 1 amide bonds. The molecule has 2 aromatic rings. The van der Waals surface area contributed by atoms with Crippen LogP contribution in [-0.4, -0.2) is 22.4 Å². The summed E-state index contributed by atoms with van der Waals surface area (Å²) in [5.41, 5.74) is 4.35. The van der Waals surface area contributed by atoms with Gasteiger partial charge in [0.05, 0.1) is 11.9 Å². The second-order valence-electron chi connectivity index (χ2n) is 4.94.